The van der Waals surface area contributed by atoms with Crippen LogP contribution >= 0.6 is 0 Å². The molecule has 1 fully saturated rings. The summed E-state index contributed by atoms with van der Waals surface area (Å²) < 4.78 is 10.6. The zero-order chi connectivity index (χ0) is 19.9. The summed E-state index contributed by atoms with van der Waals surface area (Å²) in [6.45, 7) is 6.48. The number of nitrogens with one attached hydrogen (secondary N) is 1. The molecule has 0 radical (unpaired) electrons. The molecule has 1 aliphatic rings. The fraction of sp³-hybridized carbons (Fsp3) is 0.348. The molecule has 0 unspecified atom stereocenters. The minimum atomic E-state index is 0.0621. The SMILES string of the molecule is COc1ccc(C[NH+]2CCN(C(=O)/C=C/c3cc(C)ccc3OC)CC2)cc1. The third-order valence-electron chi connectivity index (χ3n) is 5.19. The summed E-state index contributed by atoms with van der Waals surface area (Å²) in [6.07, 6.45) is 3.51. The summed E-state index contributed by atoms with van der Waals surface area (Å²) in [5.74, 6) is 1.72. The summed E-state index contributed by atoms with van der Waals surface area (Å²) in [5.41, 5.74) is 3.37. The first-order chi connectivity index (χ1) is 13.6. The number of amides is 1. The molecule has 2 aromatic rings. The van der Waals surface area contributed by atoms with Crippen LogP contribution in [0.25, 0.3) is 6.08 Å². The molecule has 1 saturated heterocycles. The van der Waals surface area contributed by atoms with Crippen LogP contribution in [0.1, 0.15) is 16.7 Å². The zero-order valence-electron chi connectivity index (χ0n) is 16.9. The average molecular weight is 381 g/mol. The fourth-order valence-electron chi connectivity index (χ4n) is 3.50. The highest BCUT2D eigenvalue weighted by atomic mass is 16.5. The number of hydrogen-bond donors (Lipinski definition) is 1. The number of methoxy groups -OCH3 is 2. The number of piperazine rings is 1. The van der Waals surface area contributed by atoms with E-state index >= 15 is 0 Å². The third-order valence-corrected chi connectivity index (χ3v) is 5.19. The van der Waals surface area contributed by atoms with Gasteiger partial charge in [0.1, 0.15) is 18.0 Å². The summed E-state index contributed by atoms with van der Waals surface area (Å²) in [4.78, 5) is 16.0. The lowest BCUT2D eigenvalue weighted by Crippen LogP contribution is -3.13. The van der Waals surface area contributed by atoms with E-state index in [9.17, 15) is 4.79 Å². The van der Waals surface area contributed by atoms with Crippen LogP contribution in [0.15, 0.2) is 48.5 Å². The number of carbonyl (C=O) groups is 1. The molecule has 1 aliphatic heterocycles. The molecule has 1 amide bonds. The van der Waals surface area contributed by atoms with Crippen molar-refractivity contribution in [2.24, 2.45) is 0 Å². The van der Waals surface area contributed by atoms with E-state index in [1.807, 2.05) is 48.2 Å². The van der Waals surface area contributed by atoms with E-state index in [4.69, 9.17) is 9.47 Å². The molecular weight excluding hydrogens is 352 g/mol. The molecule has 28 heavy (non-hydrogen) atoms. The van der Waals surface area contributed by atoms with Gasteiger partial charge >= 0.3 is 0 Å². The van der Waals surface area contributed by atoms with Crippen LogP contribution in [-0.2, 0) is 11.3 Å². The first-order valence-electron chi connectivity index (χ1n) is 9.67. The van der Waals surface area contributed by atoms with E-state index in [2.05, 4.69) is 12.1 Å². The van der Waals surface area contributed by atoms with Crippen molar-refractivity contribution in [2.45, 2.75) is 13.5 Å². The molecular formula is C23H29N2O3+. The second-order valence-electron chi connectivity index (χ2n) is 7.18. The van der Waals surface area contributed by atoms with E-state index in [0.29, 0.717) is 0 Å². The molecule has 1 N–H and O–H groups in total. The quantitative estimate of drug-likeness (QED) is 0.778. The van der Waals surface area contributed by atoms with Crippen molar-refractivity contribution in [3.63, 3.8) is 0 Å². The van der Waals surface area contributed by atoms with Gasteiger partial charge in [0.05, 0.1) is 40.4 Å². The fourth-order valence-corrected chi connectivity index (χ4v) is 3.50. The Labute approximate surface area is 167 Å². The lowest BCUT2D eigenvalue weighted by Gasteiger charge is -2.31. The first kappa shape index (κ1) is 20.0. The maximum Gasteiger partial charge on any atom is 0.246 e. The van der Waals surface area contributed by atoms with Crippen molar-refractivity contribution in [3.05, 3.63) is 65.2 Å². The Kier molecular flexibility index (Phi) is 6.71. The molecule has 0 aromatic heterocycles. The number of carbonyl (C=O) groups excluding carboxylic acids is 1. The highest BCUT2D eigenvalue weighted by Crippen LogP contribution is 2.21. The Morgan fingerprint density at radius 3 is 2.43 bits per heavy atom. The molecule has 5 heteroatoms. The van der Waals surface area contributed by atoms with Crippen LogP contribution < -0.4 is 14.4 Å². The van der Waals surface area contributed by atoms with Crippen molar-refractivity contribution >= 4 is 12.0 Å². The van der Waals surface area contributed by atoms with Crippen LogP contribution in [0.2, 0.25) is 0 Å². The second kappa shape index (κ2) is 9.42. The van der Waals surface area contributed by atoms with Crippen LogP contribution in [0.3, 0.4) is 0 Å². The number of aryl methyl sites for hydroxylation is 1. The largest absolute Gasteiger partial charge is 0.497 e. The van der Waals surface area contributed by atoms with Gasteiger partial charge in [-0.15, -0.1) is 0 Å². The second-order valence-corrected chi connectivity index (χ2v) is 7.18. The number of hydrogen-bond acceptors (Lipinski definition) is 3. The van der Waals surface area contributed by atoms with E-state index in [0.717, 1.165) is 55.3 Å². The Morgan fingerprint density at radius 2 is 1.79 bits per heavy atom. The van der Waals surface area contributed by atoms with Crippen LogP contribution in [0, 0.1) is 6.92 Å². The third kappa shape index (κ3) is 5.14. The predicted molar refractivity (Wildman–Crippen MR) is 111 cm³/mol. The van der Waals surface area contributed by atoms with E-state index in [1.165, 1.54) is 10.5 Å². The van der Waals surface area contributed by atoms with E-state index in [1.54, 1.807) is 20.3 Å². The van der Waals surface area contributed by atoms with Gasteiger partial charge in [0.15, 0.2) is 0 Å². The van der Waals surface area contributed by atoms with Crippen molar-refractivity contribution in [3.8, 4) is 11.5 Å². The highest BCUT2D eigenvalue weighted by molar-refractivity contribution is 5.92. The van der Waals surface area contributed by atoms with E-state index < -0.39 is 0 Å². The molecule has 148 valence electrons. The predicted octanol–water partition coefficient (Wildman–Crippen LogP) is 1.95. The zero-order valence-corrected chi connectivity index (χ0v) is 16.9. The number of benzene rings is 2. The Morgan fingerprint density at radius 1 is 1.07 bits per heavy atom. The van der Waals surface area contributed by atoms with E-state index in [-0.39, 0.29) is 5.91 Å². The van der Waals surface area contributed by atoms with Gasteiger partial charge in [-0.1, -0.05) is 11.6 Å². The minimum Gasteiger partial charge on any atom is -0.497 e. The molecule has 3 rings (SSSR count). The van der Waals surface area contributed by atoms with Crippen LogP contribution in [0.4, 0.5) is 0 Å². The molecule has 0 atom stereocenters. The molecule has 0 saturated carbocycles. The standard InChI is InChI=1S/C23H28N2O3/c1-18-4-10-22(28-3)20(16-18)7-11-23(26)25-14-12-24(13-15-25)17-19-5-8-21(27-2)9-6-19/h4-11,16H,12-15,17H2,1-3H3/p+1/b11-7+. The molecule has 5 nitrogen and oxygen atoms in total. The van der Waals surface area contributed by atoms with Crippen LogP contribution in [-0.4, -0.2) is 51.2 Å². The maximum atomic E-state index is 12.6. The van der Waals surface area contributed by atoms with Gasteiger partial charge < -0.3 is 19.3 Å². The number of quaternary nitrogens is 1. The molecule has 0 spiro atoms. The van der Waals surface area contributed by atoms with Gasteiger partial charge in [0, 0.05) is 17.2 Å². The van der Waals surface area contributed by atoms with Crippen molar-refractivity contribution in [1.29, 1.82) is 0 Å². The van der Waals surface area contributed by atoms with Crippen molar-refractivity contribution in [1.82, 2.24) is 4.90 Å². The monoisotopic (exact) mass is 381 g/mol. The summed E-state index contributed by atoms with van der Waals surface area (Å²) >= 11 is 0. The number of nitrogens with zero attached hydrogens (tertiary/aromatic N) is 1. The Bertz CT molecular complexity index is 822. The van der Waals surface area contributed by atoms with Crippen molar-refractivity contribution in [2.75, 3.05) is 40.4 Å². The molecule has 0 bridgehead atoms. The van der Waals surface area contributed by atoms with Gasteiger partial charge in [-0.2, -0.15) is 0 Å². The number of rotatable bonds is 6. The first-order valence-corrected chi connectivity index (χ1v) is 9.67. The van der Waals surface area contributed by atoms with Gasteiger partial charge in [0.25, 0.3) is 0 Å². The Balaban J connectivity index is 1.52. The Hall–Kier alpha value is -2.79. The topological polar surface area (TPSA) is 43.2 Å². The van der Waals surface area contributed by atoms with Gasteiger partial charge in [0.2, 0.25) is 5.91 Å². The summed E-state index contributed by atoms with van der Waals surface area (Å²) in [6, 6.07) is 14.2. The average Bonchev–Trinajstić information content (AvgIpc) is 2.73. The number of ether oxygens (including phenoxy) is 2. The molecule has 0 aliphatic carbocycles. The maximum absolute atomic E-state index is 12.6. The summed E-state index contributed by atoms with van der Waals surface area (Å²) in [5, 5.41) is 0. The van der Waals surface area contributed by atoms with Gasteiger partial charge in [-0.3, -0.25) is 4.79 Å². The van der Waals surface area contributed by atoms with Gasteiger partial charge in [-0.25, -0.2) is 0 Å². The lowest BCUT2D eigenvalue weighted by molar-refractivity contribution is -0.917. The normalized spacial score (nSPS) is 15.0. The lowest BCUT2D eigenvalue weighted by atomic mass is 10.1. The highest BCUT2D eigenvalue weighted by Gasteiger charge is 2.22. The molecule has 1 heterocycles. The summed E-state index contributed by atoms with van der Waals surface area (Å²) in [7, 11) is 3.33. The van der Waals surface area contributed by atoms with Crippen LogP contribution in [0.5, 0.6) is 11.5 Å². The molecule has 2 aromatic carbocycles. The van der Waals surface area contributed by atoms with Gasteiger partial charge in [-0.05, 0) is 49.4 Å². The minimum absolute atomic E-state index is 0.0621. The smallest absolute Gasteiger partial charge is 0.246 e. The van der Waals surface area contributed by atoms with Crippen molar-refractivity contribution < 1.29 is 19.2 Å².